The van der Waals surface area contributed by atoms with Crippen molar-refractivity contribution >= 4 is 0 Å². The molecule has 9 heteroatoms. The van der Waals surface area contributed by atoms with E-state index in [0.29, 0.717) is 0 Å². The molecule has 0 N–H and O–H groups in total. The predicted molar refractivity (Wildman–Crippen MR) is 40.2 cm³/mol. The van der Waals surface area contributed by atoms with Crippen LogP contribution < -0.4 is 0 Å². The molecule has 0 radical (unpaired) electrons. The summed E-state index contributed by atoms with van der Waals surface area (Å²) in [5, 5.41) is 0. The summed E-state index contributed by atoms with van der Waals surface area (Å²) in [7, 11) is 0. The molecule has 100 valence electrons. The van der Waals surface area contributed by atoms with Gasteiger partial charge >= 0.3 is 23.9 Å². The molecular weight excluding hydrogens is 267 g/mol. The Hall–Kier alpha value is -1.15. The Morgan fingerprint density at radius 1 is 0.588 bits per heavy atom. The first-order valence-corrected chi connectivity index (χ1v) is 3.81. The molecule has 0 aromatic heterocycles. The number of hydrogen-bond acceptors (Lipinski definition) is 0. The van der Waals surface area contributed by atoms with E-state index in [-0.39, 0.29) is 0 Å². The van der Waals surface area contributed by atoms with Gasteiger partial charge in [0.15, 0.2) is 0 Å². The highest BCUT2D eigenvalue weighted by Crippen LogP contribution is 2.40. The smallest absolute Gasteiger partial charge is 0.195 e. The summed E-state index contributed by atoms with van der Waals surface area (Å²) in [6.45, 7) is 2.32. The van der Waals surface area contributed by atoms with Crippen molar-refractivity contribution in [3.63, 3.8) is 0 Å². The highest BCUT2D eigenvalue weighted by molar-refractivity contribution is 5.13. The van der Waals surface area contributed by atoms with E-state index in [1.54, 1.807) is 0 Å². The van der Waals surface area contributed by atoms with Crippen molar-refractivity contribution in [3.8, 4) is 0 Å². The van der Waals surface area contributed by atoms with Crippen LogP contribution in [0.15, 0.2) is 24.8 Å². The van der Waals surface area contributed by atoms with Crippen molar-refractivity contribution in [2.75, 3.05) is 0 Å². The summed E-state index contributed by atoms with van der Waals surface area (Å²) in [5.74, 6) is -15.7. The number of alkyl halides is 9. The van der Waals surface area contributed by atoms with E-state index in [9.17, 15) is 39.5 Å². The number of halogens is 9. The fourth-order valence-corrected chi connectivity index (χ4v) is 0.551. The SMILES string of the molecule is C=CC(F)(F)C(F)(F)C=CC(F)(F)C(F)(F)F. The second kappa shape index (κ2) is 4.26. The fraction of sp³-hybridized carbons (Fsp3) is 0.500. The zero-order chi connectivity index (χ0) is 14.1. The van der Waals surface area contributed by atoms with Crippen molar-refractivity contribution in [2.45, 2.75) is 23.9 Å². The minimum Gasteiger partial charge on any atom is -0.195 e. The maximum absolute atomic E-state index is 12.5. The van der Waals surface area contributed by atoms with Crippen LogP contribution in [0.4, 0.5) is 39.5 Å². The summed E-state index contributed by atoms with van der Waals surface area (Å²) in [4.78, 5) is 0. The predicted octanol–water partition coefficient (Wildman–Crippen LogP) is 4.20. The van der Waals surface area contributed by atoms with E-state index in [4.69, 9.17) is 0 Å². The molecular formula is C8H5F9. The standard InChI is InChI=1S/C8H5F9/c1-2-5(9,10)6(11,12)3-4-7(13,14)8(15,16)17/h2-4H,1H2. The lowest BCUT2D eigenvalue weighted by atomic mass is 10.1. The highest BCUT2D eigenvalue weighted by atomic mass is 19.4. The van der Waals surface area contributed by atoms with E-state index in [2.05, 4.69) is 6.58 Å². The van der Waals surface area contributed by atoms with Crippen molar-refractivity contribution in [1.29, 1.82) is 0 Å². The molecule has 0 aliphatic heterocycles. The zero-order valence-corrected chi connectivity index (χ0v) is 7.84. The third-order valence-corrected chi connectivity index (χ3v) is 1.58. The van der Waals surface area contributed by atoms with Crippen LogP contribution in [0.1, 0.15) is 0 Å². The maximum atomic E-state index is 12.5. The maximum Gasteiger partial charge on any atom is 0.457 e. The Bertz CT molecular complexity index is 309. The lowest BCUT2D eigenvalue weighted by Crippen LogP contribution is -2.39. The largest absolute Gasteiger partial charge is 0.457 e. The third-order valence-electron chi connectivity index (χ3n) is 1.58. The van der Waals surface area contributed by atoms with Crippen LogP contribution in [0.25, 0.3) is 0 Å². The molecule has 0 saturated heterocycles. The monoisotopic (exact) mass is 272 g/mol. The molecule has 0 aromatic carbocycles. The first-order chi connectivity index (χ1) is 7.27. The molecule has 0 nitrogen and oxygen atoms in total. The van der Waals surface area contributed by atoms with Gasteiger partial charge in [-0.25, -0.2) is 0 Å². The first kappa shape index (κ1) is 15.9. The van der Waals surface area contributed by atoms with E-state index in [1.807, 2.05) is 0 Å². The Labute approximate surface area is 89.4 Å². The molecule has 0 heterocycles. The van der Waals surface area contributed by atoms with Gasteiger partial charge in [-0.1, -0.05) is 6.58 Å². The van der Waals surface area contributed by atoms with E-state index in [1.165, 1.54) is 0 Å². The minimum absolute atomic E-state index is 0.553. The Kier molecular flexibility index (Phi) is 3.97. The van der Waals surface area contributed by atoms with E-state index in [0.717, 1.165) is 0 Å². The van der Waals surface area contributed by atoms with Crippen LogP contribution in [0, 0.1) is 0 Å². The van der Waals surface area contributed by atoms with Gasteiger partial charge < -0.3 is 0 Å². The summed E-state index contributed by atoms with van der Waals surface area (Å²) in [6, 6.07) is 0. The number of rotatable bonds is 4. The average molecular weight is 272 g/mol. The Morgan fingerprint density at radius 2 is 0.941 bits per heavy atom. The Morgan fingerprint density at radius 3 is 1.24 bits per heavy atom. The average Bonchev–Trinajstić information content (AvgIpc) is 2.13. The zero-order valence-electron chi connectivity index (χ0n) is 7.84. The minimum atomic E-state index is -6.14. The van der Waals surface area contributed by atoms with Gasteiger partial charge in [0.2, 0.25) is 0 Å². The molecule has 0 aliphatic rings. The second-order valence-corrected chi connectivity index (χ2v) is 2.90. The molecule has 0 spiro atoms. The highest BCUT2D eigenvalue weighted by Gasteiger charge is 2.58. The van der Waals surface area contributed by atoms with E-state index >= 15 is 0 Å². The van der Waals surface area contributed by atoms with Crippen molar-refractivity contribution in [3.05, 3.63) is 24.8 Å². The molecule has 0 rings (SSSR count). The second-order valence-electron chi connectivity index (χ2n) is 2.90. The van der Waals surface area contributed by atoms with Crippen LogP contribution in [0.2, 0.25) is 0 Å². The van der Waals surface area contributed by atoms with E-state index < -0.39 is 42.2 Å². The molecule has 17 heavy (non-hydrogen) atoms. The molecule has 0 bridgehead atoms. The topological polar surface area (TPSA) is 0 Å². The van der Waals surface area contributed by atoms with Gasteiger partial charge in [0.05, 0.1) is 0 Å². The van der Waals surface area contributed by atoms with Gasteiger partial charge in [-0.15, -0.1) is 0 Å². The van der Waals surface area contributed by atoms with Crippen molar-refractivity contribution in [2.24, 2.45) is 0 Å². The van der Waals surface area contributed by atoms with Gasteiger partial charge in [-0.3, -0.25) is 0 Å². The fourth-order valence-electron chi connectivity index (χ4n) is 0.551. The van der Waals surface area contributed by atoms with Gasteiger partial charge in [0.1, 0.15) is 0 Å². The molecule has 0 saturated carbocycles. The van der Waals surface area contributed by atoms with Crippen LogP contribution in [-0.2, 0) is 0 Å². The first-order valence-electron chi connectivity index (χ1n) is 3.81. The van der Waals surface area contributed by atoms with Gasteiger partial charge in [-0.2, -0.15) is 39.5 Å². The lowest BCUT2D eigenvalue weighted by molar-refractivity contribution is -0.260. The number of hydrogen-bond donors (Lipinski definition) is 0. The number of allylic oxidation sites excluding steroid dienone is 3. The third kappa shape index (κ3) is 3.40. The van der Waals surface area contributed by atoms with Gasteiger partial charge in [-0.05, 0) is 18.2 Å². The van der Waals surface area contributed by atoms with Crippen molar-refractivity contribution in [1.82, 2.24) is 0 Å². The lowest BCUT2D eigenvalue weighted by Gasteiger charge is -2.21. The summed E-state index contributed by atoms with van der Waals surface area (Å²) in [5.41, 5.74) is 0. The van der Waals surface area contributed by atoms with Crippen LogP contribution in [0.3, 0.4) is 0 Å². The van der Waals surface area contributed by atoms with Crippen LogP contribution >= 0.6 is 0 Å². The molecule has 0 aromatic rings. The molecule has 0 aliphatic carbocycles. The quantitative estimate of drug-likeness (QED) is 0.531. The molecule has 0 amide bonds. The summed E-state index contributed by atoms with van der Waals surface area (Å²) in [6.07, 6.45) is -9.20. The summed E-state index contributed by atoms with van der Waals surface area (Å²) >= 11 is 0. The van der Waals surface area contributed by atoms with Crippen LogP contribution in [0.5, 0.6) is 0 Å². The molecule has 0 unspecified atom stereocenters. The van der Waals surface area contributed by atoms with Gasteiger partial charge in [0, 0.05) is 0 Å². The van der Waals surface area contributed by atoms with Crippen molar-refractivity contribution < 1.29 is 39.5 Å². The Balaban J connectivity index is 5.16. The van der Waals surface area contributed by atoms with Crippen LogP contribution in [-0.4, -0.2) is 23.9 Å². The molecule has 0 atom stereocenters. The van der Waals surface area contributed by atoms with Gasteiger partial charge in [0.25, 0.3) is 0 Å². The summed E-state index contributed by atoms with van der Waals surface area (Å²) < 4.78 is 109. The molecule has 0 fully saturated rings. The normalized spacial score (nSPS) is 15.4.